The van der Waals surface area contributed by atoms with Gasteiger partial charge in [-0.3, -0.25) is 19.4 Å². The first-order valence-electron chi connectivity index (χ1n) is 23.2. The van der Waals surface area contributed by atoms with Crippen LogP contribution in [0.15, 0.2) is 36.4 Å². The molecule has 7 nitrogen and oxygen atoms in total. The molecular weight excluding hydrogens is 726 g/mol. The summed E-state index contributed by atoms with van der Waals surface area (Å²) in [4.78, 5) is 30.0. The number of hydrogen-bond donors (Lipinski definition) is 2. The summed E-state index contributed by atoms with van der Waals surface area (Å²) in [5.41, 5.74) is 2.44. The van der Waals surface area contributed by atoms with Crippen LogP contribution in [-0.2, 0) is 20.9 Å². The van der Waals surface area contributed by atoms with Crippen molar-refractivity contribution in [1.82, 2.24) is 15.1 Å². The largest absolute Gasteiger partial charge is 0.481 e. The van der Waals surface area contributed by atoms with Crippen molar-refractivity contribution < 1.29 is 23.8 Å². The van der Waals surface area contributed by atoms with Gasteiger partial charge in [0.05, 0.1) is 11.8 Å². The standard InChI is InChI=1S/C50H78FN3O4/c1-34(2)37-16-21-50(24-25-52-26-27-53-28-30-54(31-29-53)33-35-10-12-36(51)13-11-35)23-22-48(8)38(43(37)50)14-15-40-47(7)19-18-41(58-42(55)32-45(3,4)44(56)57)46(5,6)39(47)17-20-49(40,48)9/h10-13,37-41,43,52H,1,14-33H2,2-9H3,(H,56,57)/t37?,38-,39+,40-,41+,43-,47+,48-,49-,50-/m1/s1. The number of aliphatic carboxylic acids is 1. The molecule has 6 aliphatic rings. The van der Waals surface area contributed by atoms with E-state index < -0.39 is 11.4 Å². The molecule has 0 aromatic heterocycles. The first-order chi connectivity index (χ1) is 27.3. The van der Waals surface area contributed by atoms with E-state index in [-0.39, 0.29) is 46.0 Å². The van der Waals surface area contributed by atoms with Crippen molar-refractivity contribution in [1.29, 1.82) is 0 Å². The molecule has 8 heteroatoms. The fourth-order valence-corrected chi connectivity index (χ4v) is 15.3. The van der Waals surface area contributed by atoms with Gasteiger partial charge < -0.3 is 15.2 Å². The fourth-order valence-electron chi connectivity index (χ4n) is 15.3. The molecular formula is C50H78FN3O4. The van der Waals surface area contributed by atoms with Crippen molar-refractivity contribution in [2.24, 2.45) is 62.1 Å². The van der Waals surface area contributed by atoms with Gasteiger partial charge in [0.25, 0.3) is 0 Å². The van der Waals surface area contributed by atoms with Crippen LogP contribution in [0.5, 0.6) is 0 Å². The molecule has 1 aliphatic heterocycles. The number of rotatable bonds is 13. The second-order valence-electron chi connectivity index (χ2n) is 22.5. The van der Waals surface area contributed by atoms with E-state index in [1.807, 2.05) is 12.1 Å². The number of nitrogens with zero attached hydrogens (tertiary/aromatic N) is 2. The number of piperazine rings is 1. The molecule has 7 rings (SSSR count). The van der Waals surface area contributed by atoms with E-state index in [9.17, 15) is 19.1 Å². The average Bonchev–Trinajstić information content (AvgIpc) is 3.54. The van der Waals surface area contributed by atoms with E-state index in [2.05, 4.69) is 63.2 Å². The van der Waals surface area contributed by atoms with E-state index in [0.717, 1.165) is 71.1 Å². The highest BCUT2D eigenvalue weighted by atomic mass is 19.1. The molecule has 0 spiro atoms. The summed E-state index contributed by atoms with van der Waals surface area (Å²) in [6.45, 7) is 31.3. The number of benzene rings is 1. The van der Waals surface area contributed by atoms with E-state index in [1.54, 1.807) is 26.0 Å². The summed E-state index contributed by atoms with van der Waals surface area (Å²) in [7, 11) is 0. The van der Waals surface area contributed by atoms with Crippen molar-refractivity contribution in [3.8, 4) is 0 Å². The molecule has 0 amide bonds. The van der Waals surface area contributed by atoms with Gasteiger partial charge >= 0.3 is 11.9 Å². The van der Waals surface area contributed by atoms with Crippen LogP contribution in [0.2, 0.25) is 0 Å². The highest BCUT2D eigenvalue weighted by Gasteiger charge is 2.71. The van der Waals surface area contributed by atoms with Crippen LogP contribution in [0.4, 0.5) is 4.39 Å². The van der Waals surface area contributed by atoms with E-state index in [0.29, 0.717) is 29.1 Å². The Balaban J connectivity index is 0.975. The molecule has 1 heterocycles. The molecule has 1 unspecified atom stereocenters. The number of halogens is 1. The molecule has 1 saturated heterocycles. The number of carboxylic acids is 1. The number of ether oxygens (including phenoxy) is 1. The van der Waals surface area contributed by atoms with Crippen LogP contribution in [0, 0.1) is 67.9 Å². The minimum Gasteiger partial charge on any atom is -0.481 e. The van der Waals surface area contributed by atoms with Crippen molar-refractivity contribution in [2.75, 3.05) is 45.8 Å². The smallest absolute Gasteiger partial charge is 0.309 e. The molecule has 0 bridgehead atoms. The van der Waals surface area contributed by atoms with Crippen LogP contribution in [0.1, 0.15) is 138 Å². The Bertz CT molecular complexity index is 1670. The summed E-state index contributed by atoms with van der Waals surface area (Å²) in [5, 5.41) is 13.6. The third-order valence-corrected chi connectivity index (χ3v) is 18.8. The molecule has 10 atom stereocenters. The maximum Gasteiger partial charge on any atom is 0.309 e. The topological polar surface area (TPSA) is 82.1 Å². The van der Waals surface area contributed by atoms with Crippen molar-refractivity contribution in [2.45, 2.75) is 145 Å². The van der Waals surface area contributed by atoms with Gasteiger partial charge in [-0.25, -0.2) is 4.39 Å². The summed E-state index contributed by atoms with van der Waals surface area (Å²) >= 11 is 0. The summed E-state index contributed by atoms with van der Waals surface area (Å²) in [6.07, 6.45) is 13.3. The molecule has 324 valence electrons. The Morgan fingerprint density at radius 1 is 0.862 bits per heavy atom. The Kier molecular flexibility index (Phi) is 12.2. The van der Waals surface area contributed by atoms with Crippen molar-refractivity contribution in [3.05, 3.63) is 47.8 Å². The van der Waals surface area contributed by atoms with Crippen LogP contribution >= 0.6 is 0 Å². The maximum absolute atomic E-state index is 13.4. The summed E-state index contributed by atoms with van der Waals surface area (Å²) in [6, 6.07) is 6.96. The second kappa shape index (κ2) is 16.2. The Morgan fingerprint density at radius 2 is 1.55 bits per heavy atom. The number of carboxylic acid groups (broad SMARTS) is 1. The van der Waals surface area contributed by atoms with Gasteiger partial charge in [0, 0.05) is 51.2 Å². The fraction of sp³-hybridized carbons (Fsp3) is 0.800. The third kappa shape index (κ3) is 7.76. The Hall–Kier alpha value is -2.29. The zero-order chi connectivity index (χ0) is 41.9. The molecule has 1 aromatic carbocycles. The van der Waals surface area contributed by atoms with E-state index >= 15 is 0 Å². The monoisotopic (exact) mass is 804 g/mol. The van der Waals surface area contributed by atoms with E-state index in [4.69, 9.17) is 4.74 Å². The second-order valence-corrected chi connectivity index (χ2v) is 22.5. The number of esters is 1. The zero-order valence-electron chi connectivity index (χ0n) is 37.6. The van der Waals surface area contributed by atoms with Gasteiger partial charge in [0.2, 0.25) is 0 Å². The summed E-state index contributed by atoms with van der Waals surface area (Å²) in [5.74, 6) is 1.67. The van der Waals surface area contributed by atoms with Gasteiger partial charge in [-0.1, -0.05) is 58.9 Å². The zero-order valence-corrected chi connectivity index (χ0v) is 37.6. The molecule has 0 radical (unpaired) electrons. The minimum absolute atomic E-state index is 0.0965. The van der Waals surface area contributed by atoms with Crippen molar-refractivity contribution >= 4 is 11.9 Å². The van der Waals surface area contributed by atoms with Gasteiger partial charge in [-0.05, 0) is 167 Å². The number of fused-ring (bicyclic) bond motifs is 7. The van der Waals surface area contributed by atoms with Crippen LogP contribution < -0.4 is 5.32 Å². The number of allylic oxidation sites excluding steroid dienone is 1. The Morgan fingerprint density at radius 3 is 2.22 bits per heavy atom. The molecule has 6 fully saturated rings. The normalized spacial score (nSPS) is 38.8. The molecule has 2 N–H and O–H groups in total. The predicted molar refractivity (Wildman–Crippen MR) is 230 cm³/mol. The highest BCUT2D eigenvalue weighted by Crippen LogP contribution is 2.78. The first kappa shape index (κ1) is 43.8. The van der Waals surface area contributed by atoms with Gasteiger partial charge in [-0.15, -0.1) is 0 Å². The molecule has 5 aliphatic carbocycles. The number of hydrogen-bond acceptors (Lipinski definition) is 6. The average molecular weight is 804 g/mol. The summed E-state index contributed by atoms with van der Waals surface area (Å²) < 4.78 is 19.6. The predicted octanol–water partition coefficient (Wildman–Crippen LogP) is 9.99. The first-order valence-corrected chi connectivity index (χ1v) is 23.2. The maximum atomic E-state index is 13.4. The lowest BCUT2D eigenvalue weighted by atomic mass is 9.32. The molecule has 5 saturated carbocycles. The van der Waals surface area contributed by atoms with Crippen LogP contribution in [0.3, 0.4) is 0 Å². The SMILES string of the molecule is C=C(C)C1CC[C@]2(CCNCCN3CCN(Cc4ccc(F)cc4)CC3)CC[C@]3(C)[C@H](CC[C@@H]4[C@@]5(C)CC[C@H](OC(=O)CC(C)(C)C(=O)O)C(C)(C)[C@@H]5CC[C@]43C)[C@@H]12. The molecule has 1 aromatic rings. The van der Waals surface area contributed by atoms with E-state index in [1.165, 1.54) is 68.9 Å². The number of carbonyl (C=O) groups is 2. The number of carbonyl (C=O) groups excluding carboxylic acids is 1. The highest BCUT2D eigenvalue weighted by molar-refractivity contribution is 5.81. The number of nitrogens with one attached hydrogen (secondary N) is 1. The van der Waals surface area contributed by atoms with Gasteiger partial charge in [-0.2, -0.15) is 0 Å². The van der Waals surface area contributed by atoms with Crippen molar-refractivity contribution in [3.63, 3.8) is 0 Å². The lowest BCUT2D eigenvalue weighted by Crippen LogP contribution is -2.66. The van der Waals surface area contributed by atoms with Crippen LogP contribution in [0.25, 0.3) is 0 Å². The van der Waals surface area contributed by atoms with Crippen LogP contribution in [-0.4, -0.2) is 78.8 Å². The quantitative estimate of drug-likeness (QED) is 0.117. The lowest BCUT2D eigenvalue weighted by Gasteiger charge is -2.73. The third-order valence-electron chi connectivity index (χ3n) is 18.8. The Labute approximate surface area is 350 Å². The van der Waals surface area contributed by atoms with Gasteiger partial charge in [0.1, 0.15) is 11.9 Å². The molecule has 58 heavy (non-hydrogen) atoms. The van der Waals surface area contributed by atoms with Gasteiger partial charge in [0.15, 0.2) is 0 Å². The lowest BCUT2D eigenvalue weighted by molar-refractivity contribution is -0.250. The minimum atomic E-state index is -1.13.